The van der Waals surface area contributed by atoms with Crippen LogP contribution in [0.2, 0.25) is 0 Å². The number of aromatic nitrogens is 3. The second kappa shape index (κ2) is 7.42. The van der Waals surface area contributed by atoms with Gasteiger partial charge in [0.05, 0.1) is 12.5 Å². The molecule has 1 aliphatic rings. The van der Waals surface area contributed by atoms with E-state index in [2.05, 4.69) is 5.10 Å². The fraction of sp³-hybridized carbons (Fsp3) is 0.273. The Balaban J connectivity index is 1.39. The second-order valence-electron chi connectivity index (χ2n) is 7.59. The summed E-state index contributed by atoms with van der Waals surface area (Å²) in [6.07, 6.45) is 3.14. The van der Waals surface area contributed by atoms with Crippen LogP contribution in [0.15, 0.2) is 58.1 Å². The number of para-hydroxylation sites is 1. The van der Waals surface area contributed by atoms with E-state index in [0.29, 0.717) is 37.5 Å². The maximum absolute atomic E-state index is 13.1. The van der Waals surface area contributed by atoms with Gasteiger partial charge < -0.3 is 18.8 Å². The number of nitrogens with zero attached hydrogens (tertiary/aromatic N) is 5. The van der Waals surface area contributed by atoms with Crippen LogP contribution in [0.1, 0.15) is 10.6 Å². The highest BCUT2D eigenvalue weighted by Gasteiger charge is 2.27. The standard InChI is InChI=1S/C22H21N5O4/c1-24-22(30)20-16(13-23-24)15-5-2-3-6-17(15)27(20)14-19(28)25-8-10-26(11-9-25)21(29)18-7-4-12-31-18/h2-7,12-13H,8-11,14H2,1H3. The maximum Gasteiger partial charge on any atom is 0.291 e. The Bertz CT molecular complexity index is 1340. The number of carbonyl (C=O) groups excluding carboxylic acids is 2. The molecular weight excluding hydrogens is 398 g/mol. The molecule has 158 valence electrons. The van der Waals surface area contributed by atoms with Crippen LogP contribution in [-0.2, 0) is 18.4 Å². The lowest BCUT2D eigenvalue weighted by atomic mass is 10.2. The van der Waals surface area contributed by atoms with Crippen molar-refractivity contribution in [1.82, 2.24) is 24.1 Å². The summed E-state index contributed by atoms with van der Waals surface area (Å²) in [5.74, 6) is 0.0385. The van der Waals surface area contributed by atoms with Gasteiger partial charge in [0.2, 0.25) is 5.91 Å². The van der Waals surface area contributed by atoms with Gasteiger partial charge in [-0.15, -0.1) is 0 Å². The largest absolute Gasteiger partial charge is 0.459 e. The number of rotatable bonds is 3. The third kappa shape index (κ3) is 3.18. The van der Waals surface area contributed by atoms with Gasteiger partial charge in [-0.05, 0) is 18.2 Å². The first-order valence-electron chi connectivity index (χ1n) is 10.1. The van der Waals surface area contributed by atoms with Gasteiger partial charge in [-0.1, -0.05) is 18.2 Å². The fourth-order valence-electron chi connectivity index (χ4n) is 4.16. The van der Waals surface area contributed by atoms with Crippen molar-refractivity contribution < 1.29 is 14.0 Å². The van der Waals surface area contributed by atoms with Crippen LogP contribution in [0.5, 0.6) is 0 Å². The molecular formula is C22H21N5O4. The normalized spacial score (nSPS) is 14.5. The minimum absolute atomic E-state index is 0.0510. The number of hydrogen-bond acceptors (Lipinski definition) is 5. The zero-order chi connectivity index (χ0) is 21.5. The van der Waals surface area contributed by atoms with Crippen molar-refractivity contribution in [3.8, 4) is 0 Å². The smallest absolute Gasteiger partial charge is 0.291 e. The number of benzene rings is 1. The van der Waals surface area contributed by atoms with Crippen LogP contribution in [-0.4, -0.2) is 62.1 Å². The van der Waals surface area contributed by atoms with Crippen molar-refractivity contribution in [3.05, 3.63) is 65.0 Å². The molecule has 4 heterocycles. The highest BCUT2D eigenvalue weighted by atomic mass is 16.3. The van der Waals surface area contributed by atoms with Gasteiger partial charge in [-0.25, -0.2) is 4.68 Å². The van der Waals surface area contributed by atoms with Crippen molar-refractivity contribution in [2.24, 2.45) is 7.05 Å². The van der Waals surface area contributed by atoms with Crippen molar-refractivity contribution in [3.63, 3.8) is 0 Å². The molecule has 4 aromatic rings. The lowest BCUT2D eigenvalue weighted by Gasteiger charge is -2.34. The van der Waals surface area contributed by atoms with Crippen molar-refractivity contribution in [1.29, 1.82) is 0 Å². The molecule has 9 nitrogen and oxygen atoms in total. The summed E-state index contributed by atoms with van der Waals surface area (Å²) in [4.78, 5) is 41.8. The quantitative estimate of drug-likeness (QED) is 0.501. The summed E-state index contributed by atoms with van der Waals surface area (Å²) in [6.45, 7) is 1.79. The summed E-state index contributed by atoms with van der Waals surface area (Å²) in [7, 11) is 1.60. The summed E-state index contributed by atoms with van der Waals surface area (Å²) >= 11 is 0. The average molecular weight is 419 g/mol. The van der Waals surface area contributed by atoms with E-state index in [0.717, 1.165) is 16.3 Å². The van der Waals surface area contributed by atoms with Gasteiger partial charge in [0.25, 0.3) is 11.5 Å². The Morgan fingerprint density at radius 3 is 2.48 bits per heavy atom. The molecule has 0 bridgehead atoms. The van der Waals surface area contributed by atoms with E-state index in [1.165, 1.54) is 10.9 Å². The lowest BCUT2D eigenvalue weighted by Crippen LogP contribution is -2.51. The van der Waals surface area contributed by atoms with Crippen LogP contribution in [0, 0.1) is 0 Å². The topological polar surface area (TPSA) is 93.6 Å². The van der Waals surface area contributed by atoms with E-state index in [1.807, 2.05) is 24.3 Å². The van der Waals surface area contributed by atoms with E-state index in [-0.39, 0.29) is 23.9 Å². The zero-order valence-corrected chi connectivity index (χ0v) is 17.0. The number of aryl methyl sites for hydroxylation is 1. The molecule has 1 aromatic carbocycles. The van der Waals surface area contributed by atoms with Crippen LogP contribution in [0.25, 0.3) is 21.8 Å². The first kappa shape index (κ1) is 19.1. The minimum atomic E-state index is -0.240. The SMILES string of the molecule is Cn1ncc2c3ccccc3n(CC(=O)N3CCN(C(=O)c4ccco4)CC3)c2c1=O. The van der Waals surface area contributed by atoms with E-state index in [9.17, 15) is 14.4 Å². The van der Waals surface area contributed by atoms with Gasteiger partial charge in [0.15, 0.2) is 5.76 Å². The monoisotopic (exact) mass is 419 g/mol. The van der Waals surface area contributed by atoms with Crippen molar-refractivity contribution in [2.75, 3.05) is 26.2 Å². The van der Waals surface area contributed by atoms with Gasteiger partial charge in [0.1, 0.15) is 12.1 Å². The van der Waals surface area contributed by atoms with Crippen LogP contribution in [0.4, 0.5) is 0 Å². The number of amides is 2. The Hall–Kier alpha value is -3.88. The molecule has 0 saturated carbocycles. The van der Waals surface area contributed by atoms with E-state index in [4.69, 9.17) is 4.42 Å². The molecule has 1 fully saturated rings. The highest BCUT2D eigenvalue weighted by Crippen LogP contribution is 2.26. The number of furan rings is 1. The third-order valence-electron chi connectivity index (χ3n) is 5.81. The predicted octanol–water partition coefficient (Wildman–Crippen LogP) is 1.47. The molecule has 0 aliphatic carbocycles. The first-order chi connectivity index (χ1) is 15.0. The zero-order valence-electron chi connectivity index (χ0n) is 17.0. The lowest BCUT2D eigenvalue weighted by molar-refractivity contribution is -0.133. The number of fused-ring (bicyclic) bond motifs is 3. The highest BCUT2D eigenvalue weighted by molar-refractivity contribution is 6.07. The van der Waals surface area contributed by atoms with Gasteiger partial charge in [-0.3, -0.25) is 14.4 Å². The van der Waals surface area contributed by atoms with Crippen LogP contribution >= 0.6 is 0 Å². The Labute approximate surface area is 177 Å². The number of hydrogen-bond donors (Lipinski definition) is 0. The molecule has 0 unspecified atom stereocenters. The Kier molecular flexibility index (Phi) is 4.58. The average Bonchev–Trinajstić information content (AvgIpc) is 3.44. The van der Waals surface area contributed by atoms with Crippen LogP contribution in [0.3, 0.4) is 0 Å². The summed E-state index contributed by atoms with van der Waals surface area (Å²) in [5, 5.41) is 5.76. The van der Waals surface area contributed by atoms with Gasteiger partial charge in [0, 0.05) is 49.5 Å². The number of piperazine rings is 1. The van der Waals surface area contributed by atoms with Crippen molar-refractivity contribution >= 4 is 33.6 Å². The Morgan fingerprint density at radius 2 is 1.74 bits per heavy atom. The van der Waals surface area contributed by atoms with Gasteiger partial charge >= 0.3 is 0 Å². The molecule has 2 amide bonds. The van der Waals surface area contributed by atoms with Crippen LogP contribution < -0.4 is 5.56 Å². The van der Waals surface area contributed by atoms with E-state index >= 15 is 0 Å². The predicted molar refractivity (Wildman–Crippen MR) is 114 cm³/mol. The van der Waals surface area contributed by atoms with E-state index in [1.54, 1.807) is 39.7 Å². The maximum atomic E-state index is 13.1. The fourth-order valence-corrected chi connectivity index (χ4v) is 4.16. The molecule has 0 N–H and O–H groups in total. The van der Waals surface area contributed by atoms with Crippen molar-refractivity contribution in [2.45, 2.75) is 6.54 Å². The minimum Gasteiger partial charge on any atom is -0.459 e. The molecule has 1 aliphatic heterocycles. The molecule has 5 rings (SSSR count). The molecule has 1 saturated heterocycles. The first-order valence-corrected chi connectivity index (χ1v) is 10.1. The molecule has 9 heteroatoms. The molecule has 0 radical (unpaired) electrons. The molecule has 0 spiro atoms. The molecule has 3 aromatic heterocycles. The summed E-state index contributed by atoms with van der Waals surface area (Å²) < 4.78 is 8.24. The number of carbonyl (C=O) groups is 2. The van der Waals surface area contributed by atoms with Gasteiger partial charge in [-0.2, -0.15) is 5.10 Å². The molecule has 0 atom stereocenters. The summed E-state index contributed by atoms with van der Waals surface area (Å²) in [6, 6.07) is 10.9. The van der Waals surface area contributed by atoms with E-state index < -0.39 is 0 Å². The summed E-state index contributed by atoms with van der Waals surface area (Å²) in [5.41, 5.74) is 1.05. The Morgan fingerprint density at radius 1 is 1.00 bits per heavy atom. The third-order valence-corrected chi connectivity index (χ3v) is 5.81. The molecule has 31 heavy (non-hydrogen) atoms. The second-order valence-corrected chi connectivity index (χ2v) is 7.59.